The van der Waals surface area contributed by atoms with Crippen LogP contribution < -0.4 is 4.74 Å². The molecular formula is C11H13F2NO3. The molecule has 0 atom stereocenters. The first-order valence-corrected chi connectivity index (χ1v) is 4.89. The lowest BCUT2D eigenvalue weighted by Crippen LogP contribution is -2.09. The number of aromatic nitrogens is 1. The summed E-state index contributed by atoms with van der Waals surface area (Å²) in [5.41, 5.74) is 0.245. The molecule has 0 saturated carbocycles. The lowest BCUT2D eigenvalue weighted by molar-refractivity contribution is -0.139. The maximum Gasteiger partial charge on any atom is 0.311 e. The summed E-state index contributed by atoms with van der Waals surface area (Å²) in [5.74, 6) is -0.449. The highest BCUT2D eigenvalue weighted by Crippen LogP contribution is 2.31. The summed E-state index contributed by atoms with van der Waals surface area (Å²) in [4.78, 5) is 15.0. The topological polar surface area (TPSA) is 48.4 Å². The number of methoxy groups -OCH3 is 2. The van der Waals surface area contributed by atoms with E-state index in [1.807, 2.05) is 0 Å². The molecule has 4 nitrogen and oxygen atoms in total. The second-order valence-electron chi connectivity index (χ2n) is 3.37. The van der Waals surface area contributed by atoms with E-state index in [9.17, 15) is 13.6 Å². The van der Waals surface area contributed by atoms with Crippen LogP contribution in [0.1, 0.15) is 23.4 Å². The molecule has 0 aliphatic carbocycles. The Balaban J connectivity index is 3.13. The average molecular weight is 245 g/mol. The number of esters is 1. The number of carbonyl (C=O) groups is 1. The van der Waals surface area contributed by atoms with Gasteiger partial charge in [0.25, 0.3) is 6.43 Å². The number of rotatable bonds is 4. The molecule has 0 N–H and O–H groups in total. The molecule has 0 bridgehead atoms. The molecule has 0 aliphatic heterocycles. The first kappa shape index (κ1) is 13.3. The molecule has 0 aromatic carbocycles. The van der Waals surface area contributed by atoms with Gasteiger partial charge in [0, 0.05) is 6.07 Å². The molecule has 1 aromatic rings. The first-order chi connectivity index (χ1) is 7.99. The van der Waals surface area contributed by atoms with Gasteiger partial charge in [-0.1, -0.05) is 0 Å². The number of hydrogen-bond donors (Lipinski definition) is 0. The summed E-state index contributed by atoms with van der Waals surface area (Å²) in [6, 6.07) is 1.32. The van der Waals surface area contributed by atoms with Gasteiger partial charge in [-0.2, -0.15) is 0 Å². The predicted octanol–water partition coefficient (Wildman–Crippen LogP) is 2.05. The number of nitrogens with zero attached hydrogens (tertiary/aromatic N) is 1. The van der Waals surface area contributed by atoms with Gasteiger partial charge in [-0.3, -0.25) is 9.78 Å². The number of aryl methyl sites for hydroxylation is 1. The Kier molecular flexibility index (Phi) is 4.37. The minimum absolute atomic E-state index is 0.0337. The van der Waals surface area contributed by atoms with Gasteiger partial charge in [0.15, 0.2) is 0 Å². The van der Waals surface area contributed by atoms with Crippen LogP contribution in [0.25, 0.3) is 0 Å². The van der Waals surface area contributed by atoms with Crippen LogP contribution in [0.15, 0.2) is 6.07 Å². The molecule has 0 fully saturated rings. The Morgan fingerprint density at radius 1 is 1.47 bits per heavy atom. The van der Waals surface area contributed by atoms with Gasteiger partial charge in [-0.25, -0.2) is 8.78 Å². The van der Waals surface area contributed by atoms with Crippen molar-refractivity contribution in [2.75, 3.05) is 14.2 Å². The van der Waals surface area contributed by atoms with E-state index >= 15 is 0 Å². The second-order valence-corrected chi connectivity index (χ2v) is 3.37. The summed E-state index contributed by atoms with van der Waals surface area (Å²) in [7, 11) is 2.54. The minimum atomic E-state index is -2.66. The highest BCUT2D eigenvalue weighted by atomic mass is 19.3. The lowest BCUT2D eigenvalue weighted by atomic mass is 10.1. The second kappa shape index (κ2) is 5.56. The van der Waals surface area contributed by atoms with Crippen LogP contribution in [0, 0.1) is 6.92 Å². The van der Waals surface area contributed by atoms with Gasteiger partial charge < -0.3 is 9.47 Å². The number of halogens is 2. The van der Waals surface area contributed by atoms with Gasteiger partial charge in [0.05, 0.1) is 37.6 Å². The molecule has 0 saturated heterocycles. The van der Waals surface area contributed by atoms with Crippen LogP contribution in [0.4, 0.5) is 8.78 Å². The van der Waals surface area contributed by atoms with E-state index < -0.39 is 12.4 Å². The summed E-state index contributed by atoms with van der Waals surface area (Å²) in [5, 5.41) is 0. The van der Waals surface area contributed by atoms with Crippen LogP contribution >= 0.6 is 0 Å². The van der Waals surface area contributed by atoms with E-state index in [1.165, 1.54) is 27.2 Å². The van der Waals surface area contributed by atoms with Crippen molar-refractivity contribution in [1.82, 2.24) is 4.98 Å². The molecule has 0 spiro atoms. The van der Waals surface area contributed by atoms with Crippen LogP contribution in [0.3, 0.4) is 0 Å². The van der Waals surface area contributed by atoms with Crippen molar-refractivity contribution in [3.63, 3.8) is 0 Å². The average Bonchev–Trinajstić information content (AvgIpc) is 2.27. The van der Waals surface area contributed by atoms with Crippen LogP contribution in [-0.4, -0.2) is 25.2 Å². The minimum Gasteiger partial charge on any atom is -0.496 e. The zero-order valence-electron chi connectivity index (χ0n) is 9.79. The third-order valence-electron chi connectivity index (χ3n) is 2.26. The van der Waals surface area contributed by atoms with Crippen molar-refractivity contribution in [3.05, 3.63) is 23.0 Å². The van der Waals surface area contributed by atoms with Gasteiger partial charge in [0.1, 0.15) is 5.75 Å². The summed E-state index contributed by atoms with van der Waals surface area (Å²) in [6.07, 6.45) is -2.73. The molecule has 17 heavy (non-hydrogen) atoms. The summed E-state index contributed by atoms with van der Waals surface area (Å²) in [6.45, 7) is 1.45. The largest absolute Gasteiger partial charge is 0.496 e. The van der Waals surface area contributed by atoms with Crippen LogP contribution in [0.5, 0.6) is 5.75 Å². The number of pyridine rings is 1. The molecule has 1 rings (SSSR count). The van der Waals surface area contributed by atoms with Crippen LogP contribution in [-0.2, 0) is 16.0 Å². The van der Waals surface area contributed by atoms with E-state index in [0.29, 0.717) is 5.69 Å². The van der Waals surface area contributed by atoms with Crippen LogP contribution in [0.2, 0.25) is 0 Å². The Morgan fingerprint density at radius 2 is 2.12 bits per heavy atom. The fraction of sp³-hybridized carbons (Fsp3) is 0.455. The molecule has 94 valence electrons. The zero-order chi connectivity index (χ0) is 13.0. The van der Waals surface area contributed by atoms with E-state index in [2.05, 4.69) is 9.72 Å². The number of hydrogen-bond acceptors (Lipinski definition) is 4. The number of ether oxygens (including phenoxy) is 2. The first-order valence-electron chi connectivity index (χ1n) is 4.89. The molecular weight excluding hydrogens is 232 g/mol. The van der Waals surface area contributed by atoms with Crippen molar-refractivity contribution < 1.29 is 23.0 Å². The molecule has 0 radical (unpaired) electrons. The molecule has 6 heteroatoms. The molecule has 1 aromatic heterocycles. The fourth-order valence-electron chi connectivity index (χ4n) is 1.46. The Bertz CT molecular complexity index is 421. The quantitative estimate of drug-likeness (QED) is 0.762. The van der Waals surface area contributed by atoms with E-state index in [4.69, 9.17) is 4.74 Å². The maximum atomic E-state index is 12.7. The highest BCUT2D eigenvalue weighted by Gasteiger charge is 2.20. The SMILES string of the molecule is COC(=O)Cc1cc(OC)c(C(F)F)c(C)n1. The number of carbonyl (C=O) groups excluding carboxylic acids is 1. The normalized spacial score (nSPS) is 10.5. The Hall–Kier alpha value is -1.72. The lowest BCUT2D eigenvalue weighted by Gasteiger charge is -2.12. The molecule has 0 amide bonds. The summed E-state index contributed by atoms with van der Waals surface area (Å²) >= 11 is 0. The maximum absolute atomic E-state index is 12.7. The van der Waals surface area contributed by atoms with Crippen molar-refractivity contribution >= 4 is 5.97 Å². The molecule has 1 heterocycles. The molecule has 0 aliphatic rings. The van der Waals surface area contributed by atoms with E-state index in [-0.39, 0.29) is 23.4 Å². The third kappa shape index (κ3) is 3.12. The zero-order valence-corrected chi connectivity index (χ0v) is 9.79. The van der Waals surface area contributed by atoms with E-state index in [0.717, 1.165) is 0 Å². The monoisotopic (exact) mass is 245 g/mol. The highest BCUT2D eigenvalue weighted by molar-refractivity contribution is 5.72. The Labute approximate surface area is 97.6 Å². The number of alkyl halides is 2. The molecule has 0 unspecified atom stereocenters. The summed E-state index contributed by atoms with van der Waals surface area (Å²) < 4.78 is 34.8. The fourth-order valence-corrected chi connectivity index (χ4v) is 1.46. The van der Waals surface area contributed by atoms with Gasteiger partial charge in [-0.05, 0) is 6.92 Å². The van der Waals surface area contributed by atoms with Gasteiger partial charge in [0.2, 0.25) is 0 Å². The van der Waals surface area contributed by atoms with Gasteiger partial charge >= 0.3 is 5.97 Å². The Morgan fingerprint density at radius 3 is 2.59 bits per heavy atom. The predicted molar refractivity (Wildman–Crippen MR) is 56.2 cm³/mol. The van der Waals surface area contributed by atoms with E-state index in [1.54, 1.807) is 0 Å². The van der Waals surface area contributed by atoms with Crippen molar-refractivity contribution in [3.8, 4) is 5.75 Å². The van der Waals surface area contributed by atoms with Gasteiger partial charge in [-0.15, -0.1) is 0 Å². The van der Waals surface area contributed by atoms with Crippen molar-refractivity contribution in [2.24, 2.45) is 0 Å². The van der Waals surface area contributed by atoms with Crippen molar-refractivity contribution in [2.45, 2.75) is 19.8 Å². The van der Waals surface area contributed by atoms with Crippen molar-refractivity contribution in [1.29, 1.82) is 0 Å². The standard InChI is InChI=1S/C11H13F2NO3/c1-6-10(11(12)13)8(16-2)4-7(14-6)5-9(15)17-3/h4,11H,5H2,1-3H3. The third-order valence-corrected chi connectivity index (χ3v) is 2.26. The smallest absolute Gasteiger partial charge is 0.311 e.